The summed E-state index contributed by atoms with van der Waals surface area (Å²) >= 11 is 0. The third-order valence-electron chi connectivity index (χ3n) is 3.77. The van der Waals surface area contributed by atoms with Gasteiger partial charge in [0.25, 0.3) is 0 Å². The number of carbonyl (C=O) groups excluding carboxylic acids is 1. The van der Waals surface area contributed by atoms with E-state index in [4.69, 9.17) is 0 Å². The number of rotatable bonds is 5. The summed E-state index contributed by atoms with van der Waals surface area (Å²) < 4.78 is 12.8. The molecule has 2 N–H and O–H groups in total. The lowest BCUT2D eigenvalue weighted by molar-refractivity contribution is -0.115. The van der Waals surface area contributed by atoms with Gasteiger partial charge in [0.1, 0.15) is 5.82 Å². The highest BCUT2D eigenvalue weighted by molar-refractivity contribution is 5.92. The number of hydrogen-bond acceptors (Lipinski definition) is 4. The second-order valence-electron chi connectivity index (χ2n) is 5.58. The summed E-state index contributed by atoms with van der Waals surface area (Å²) in [5, 5.41) is 5.92. The third kappa shape index (κ3) is 5.08. The molecule has 1 amide bonds. The Kier molecular flexibility index (Phi) is 5.67. The van der Waals surface area contributed by atoms with E-state index < -0.39 is 0 Å². The molecule has 1 aliphatic heterocycles. The molecule has 1 atom stereocenters. The number of anilines is 1. The van der Waals surface area contributed by atoms with Crippen LogP contribution < -0.4 is 10.6 Å². The Morgan fingerprint density at radius 1 is 1.29 bits per heavy atom. The lowest BCUT2D eigenvalue weighted by Gasteiger charge is -2.37. The zero-order valence-corrected chi connectivity index (χ0v) is 12.6. The first-order valence-corrected chi connectivity index (χ1v) is 7.19. The summed E-state index contributed by atoms with van der Waals surface area (Å²) in [6.45, 7) is 4.16. The van der Waals surface area contributed by atoms with Crippen molar-refractivity contribution in [1.29, 1.82) is 0 Å². The largest absolute Gasteiger partial charge is 0.325 e. The van der Waals surface area contributed by atoms with Crippen molar-refractivity contribution in [3.63, 3.8) is 0 Å². The van der Waals surface area contributed by atoms with E-state index in [1.165, 1.54) is 12.1 Å². The number of nitrogens with one attached hydrogen (secondary N) is 2. The molecule has 5 nitrogen and oxygen atoms in total. The number of halogens is 1. The standard InChI is InChI=1S/C15H23FN4O/c1-19-7-8-20(2)14(11-19)9-17-10-15(21)18-13-5-3-12(16)4-6-13/h3-6,14,17H,7-11H2,1-2H3,(H,18,21). The number of likely N-dealkylation sites (N-methyl/N-ethyl adjacent to an activating group) is 2. The van der Waals surface area contributed by atoms with Crippen molar-refractivity contribution in [3.05, 3.63) is 30.1 Å². The molecule has 1 aliphatic rings. The highest BCUT2D eigenvalue weighted by atomic mass is 19.1. The van der Waals surface area contributed by atoms with Crippen molar-refractivity contribution in [2.75, 3.05) is 52.1 Å². The quantitative estimate of drug-likeness (QED) is 0.835. The Bertz CT molecular complexity index is 465. The maximum Gasteiger partial charge on any atom is 0.238 e. The van der Waals surface area contributed by atoms with Crippen LogP contribution in [-0.2, 0) is 4.79 Å². The normalized spacial score (nSPS) is 20.4. The summed E-state index contributed by atoms with van der Waals surface area (Å²) in [6.07, 6.45) is 0. The average Bonchev–Trinajstić information content (AvgIpc) is 2.45. The number of hydrogen-bond donors (Lipinski definition) is 2. The summed E-state index contributed by atoms with van der Waals surface area (Å²) in [6, 6.07) is 6.18. The molecular weight excluding hydrogens is 271 g/mol. The van der Waals surface area contributed by atoms with Gasteiger partial charge in [-0.1, -0.05) is 0 Å². The van der Waals surface area contributed by atoms with Gasteiger partial charge < -0.3 is 15.5 Å². The Hall–Kier alpha value is -1.50. The van der Waals surface area contributed by atoms with Crippen molar-refractivity contribution in [1.82, 2.24) is 15.1 Å². The molecule has 21 heavy (non-hydrogen) atoms. The zero-order valence-electron chi connectivity index (χ0n) is 12.6. The van der Waals surface area contributed by atoms with Crippen LogP contribution in [0.5, 0.6) is 0 Å². The average molecular weight is 294 g/mol. The molecule has 2 rings (SSSR count). The first kappa shape index (κ1) is 15.9. The number of piperazine rings is 1. The molecule has 116 valence electrons. The summed E-state index contributed by atoms with van der Waals surface area (Å²) in [5.41, 5.74) is 0.609. The summed E-state index contributed by atoms with van der Waals surface area (Å²) in [4.78, 5) is 16.4. The van der Waals surface area contributed by atoms with Gasteiger partial charge in [0.2, 0.25) is 5.91 Å². The lowest BCUT2D eigenvalue weighted by atomic mass is 10.2. The van der Waals surface area contributed by atoms with E-state index in [9.17, 15) is 9.18 Å². The van der Waals surface area contributed by atoms with Gasteiger partial charge in [-0.3, -0.25) is 9.69 Å². The fraction of sp³-hybridized carbons (Fsp3) is 0.533. The Balaban J connectivity index is 1.70. The Morgan fingerprint density at radius 2 is 2.00 bits per heavy atom. The molecule has 1 aromatic carbocycles. The molecule has 1 heterocycles. The molecule has 1 aromatic rings. The highest BCUT2D eigenvalue weighted by Crippen LogP contribution is 2.08. The van der Waals surface area contributed by atoms with Crippen LogP contribution in [0.25, 0.3) is 0 Å². The van der Waals surface area contributed by atoms with Crippen LogP contribution in [-0.4, -0.2) is 68.6 Å². The third-order valence-corrected chi connectivity index (χ3v) is 3.77. The predicted molar refractivity (Wildman–Crippen MR) is 81.8 cm³/mol. The topological polar surface area (TPSA) is 47.6 Å². The van der Waals surface area contributed by atoms with Gasteiger partial charge in [0.15, 0.2) is 0 Å². The molecule has 0 bridgehead atoms. The molecule has 1 fully saturated rings. The van der Waals surface area contributed by atoms with Gasteiger partial charge in [-0.2, -0.15) is 0 Å². The first-order chi connectivity index (χ1) is 10.0. The van der Waals surface area contributed by atoms with Crippen LogP contribution in [0.3, 0.4) is 0 Å². The molecule has 1 saturated heterocycles. The second-order valence-corrected chi connectivity index (χ2v) is 5.58. The molecule has 0 aliphatic carbocycles. The maximum atomic E-state index is 12.8. The maximum absolute atomic E-state index is 12.8. The van der Waals surface area contributed by atoms with E-state index in [1.807, 2.05) is 0 Å². The Labute approximate surface area is 125 Å². The van der Waals surface area contributed by atoms with E-state index in [2.05, 4.69) is 34.5 Å². The van der Waals surface area contributed by atoms with Crippen LogP contribution in [0.2, 0.25) is 0 Å². The summed E-state index contributed by atoms with van der Waals surface area (Å²) in [5.74, 6) is -0.427. The predicted octanol–water partition coefficient (Wildman–Crippen LogP) is 0.600. The SMILES string of the molecule is CN1CCN(C)C(CNCC(=O)Nc2ccc(F)cc2)C1. The van der Waals surface area contributed by atoms with Crippen molar-refractivity contribution in [3.8, 4) is 0 Å². The molecule has 0 saturated carbocycles. The van der Waals surface area contributed by atoms with E-state index in [0.29, 0.717) is 11.7 Å². The molecule has 6 heteroatoms. The minimum absolute atomic E-state index is 0.117. The van der Waals surface area contributed by atoms with E-state index >= 15 is 0 Å². The van der Waals surface area contributed by atoms with Gasteiger partial charge in [0.05, 0.1) is 6.54 Å². The van der Waals surface area contributed by atoms with Gasteiger partial charge in [0, 0.05) is 37.9 Å². The number of amides is 1. The van der Waals surface area contributed by atoms with Crippen LogP contribution in [0.1, 0.15) is 0 Å². The zero-order chi connectivity index (χ0) is 15.2. The number of benzene rings is 1. The van der Waals surface area contributed by atoms with Crippen molar-refractivity contribution >= 4 is 11.6 Å². The van der Waals surface area contributed by atoms with Crippen LogP contribution >= 0.6 is 0 Å². The summed E-state index contributed by atoms with van der Waals surface area (Å²) in [7, 11) is 4.22. The minimum Gasteiger partial charge on any atom is -0.325 e. The van der Waals surface area contributed by atoms with Crippen molar-refractivity contribution < 1.29 is 9.18 Å². The van der Waals surface area contributed by atoms with E-state index in [0.717, 1.165) is 26.2 Å². The van der Waals surface area contributed by atoms with Gasteiger partial charge in [-0.15, -0.1) is 0 Å². The Morgan fingerprint density at radius 3 is 2.71 bits per heavy atom. The van der Waals surface area contributed by atoms with Gasteiger partial charge in [-0.05, 0) is 38.4 Å². The minimum atomic E-state index is -0.310. The fourth-order valence-corrected chi connectivity index (χ4v) is 2.41. The fourth-order valence-electron chi connectivity index (χ4n) is 2.41. The highest BCUT2D eigenvalue weighted by Gasteiger charge is 2.21. The molecule has 0 spiro atoms. The monoisotopic (exact) mass is 294 g/mol. The lowest BCUT2D eigenvalue weighted by Crippen LogP contribution is -2.54. The van der Waals surface area contributed by atoms with E-state index in [1.54, 1.807) is 12.1 Å². The van der Waals surface area contributed by atoms with Gasteiger partial charge in [-0.25, -0.2) is 4.39 Å². The molecule has 0 radical (unpaired) electrons. The van der Waals surface area contributed by atoms with Gasteiger partial charge >= 0.3 is 0 Å². The molecular formula is C15H23FN4O. The van der Waals surface area contributed by atoms with Crippen LogP contribution in [0, 0.1) is 5.82 Å². The first-order valence-electron chi connectivity index (χ1n) is 7.19. The van der Waals surface area contributed by atoms with Crippen molar-refractivity contribution in [2.24, 2.45) is 0 Å². The van der Waals surface area contributed by atoms with Crippen LogP contribution in [0.4, 0.5) is 10.1 Å². The van der Waals surface area contributed by atoms with Crippen molar-refractivity contribution in [2.45, 2.75) is 6.04 Å². The smallest absolute Gasteiger partial charge is 0.238 e. The number of nitrogens with zero attached hydrogens (tertiary/aromatic N) is 2. The number of carbonyl (C=O) groups is 1. The molecule has 1 unspecified atom stereocenters. The molecule has 0 aromatic heterocycles. The second kappa shape index (κ2) is 7.49. The van der Waals surface area contributed by atoms with E-state index in [-0.39, 0.29) is 18.3 Å². The van der Waals surface area contributed by atoms with Crippen LogP contribution in [0.15, 0.2) is 24.3 Å².